The molecule has 0 aliphatic heterocycles. The van der Waals surface area contributed by atoms with Gasteiger partial charge in [0.2, 0.25) is 0 Å². The van der Waals surface area contributed by atoms with Gasteiger partial charge in [0.25, 0.3) is 0 Å². The highest BCUT2D eigenvalue weighted by Crippen LogP contribution is 2.31. The number of nitrogen functional groups attached to an aromatic ring is 1. The molecular formula is C13H24BrN5. The van der Waals surface area contributed by atoms with Crippen molar-refractivity contribution in [1.29, 1.82) is 0 Å². The van der Waals surface area contributed by atoms with Crippen LogP contribution in [-0.2, 0) is 0 Å². The van der Waals surface area contributed by atoms with Crippen LogP contribution < -0.4 is 16.2 Å². The molecule has 1 aromatic heterocycles. The van der Waals surface area contributed by atoms with Crippen molar-refractivity contribution in [2.45, 2.75) is 46.6 Å². The minimum atomic E-state index is 0.472. The molecule has 0 unspecified atom stereocenters. The molecule has 0 radical (unpaired) electrons. The number of hydrazine groups is 1. The smallest absolute Gasteiger partial charge is 0.159 e. The largest absolute Gasteiger partial charge is 0.352 e. The molecule has 0 fully saturated rings. The quantitative estimate of drug-likeness (QED) is 0.594. The van der Waals surface area contributed by atoms with Gasteiger partial charge in [-0.05, 0) is 34.7 Å². The molecule has 0 saturated carbocycles. The predicted octanol–water partition coefficient (Wildman–Crippen LogP) is 3.18. The third-order valence-electron chi connectivity index (χ3n) is 3.12. The molecule has 0 spiro atoms. The first-order chi connectivity index (χ1) is 9.04. The molecule has 19 heavy (non-hydrogen) atoms. The maximum Gasteiger partial charge on any atom is 0.159 e. The first-order valence-corrected chi connectivity index (χ1v) is 7.58. The van der Waals surface area contributed by atoms with E-state index in [1.54, 1.807) is 6.33 Å². The summed E-state index contributed by atoms with van der Waals surface area (Å²) in [6.07, 6.45) is 3.72. The molecule has 0 aliphatic rings. The minimum Gasteiger partial charge on any atom is -0.352 e. The van der Waals surface area contributed by atoms with Crippen LogP contribution >= 0.6 is 15.9 Å². The Bertz CT molecular complexity index is 393. The van der Waals surface area contributed by atoms with Crippen molar-refractivity contribution in [3.8, 4) is 0 Å². The lowest BCUT2D eigenvalue weighted by molar-refractivity contribution is 0.502. The number of nitrogens with zero attached hydrogens (tertiary/aromatic N) is 3. The van der Waals surface area contributed by atoms with Crippen LogP contribution in [0, 0.1) is 5.92 Å². The van der Waals surface area contributed by atoms with Crippen LogP contribution in [0.4, 0.5) is 11.6 Å². The van der Waals surface area contributed by atoms with Crippen molar-refractivity contribution in [2.24, 2.45) is 11.8 Å². The molecule has 1 aromatic rings. The van der Waals surface area contributed by atoms with E-state index in [1.807, 2.05) is 0 Å². The zero-order valence-corrected chi connectivity index (χ0v) is 13.7. The zero-order chi connectivity index (χ0) is 14.4. The molecule has 5 nitrogen and oxygen atoms in total. The van der Waals surface area contributed by atoms with Crippen molar-refractivity contribution in [3.05, 3.63) is 10.8 Å². The number of nitrogens with one attached hydrogen (secondary N) is 1. The van der Waals surface area contributed by atoms with E-state index < -0.39 is 0 Å². The maximum absolute atomic E-state index is 5.47. The number of halogens is 1. The average molecular weight is 330 g/mol. The maximum atomic E-state index is 5.47. The third kappa shape index (κ3) is 4.04. The van der Waals surface area contributed by atoms with Gasteiger partial charge in [-0.2, -0.15) is 0 Å². The van der Waals surface area contributed by atoms with Gasteiger partial charge in [-0.3, -0.25) is 0 Å². The van der Waals surface area contributed by atoms with Crippen LogP contribution in [0.1, 0.15) is 40.5 Å². The van der Waals surface area contributed by atoms with Gasteiger partial charge in [-0.25, -0.2) is 15.8 Å². The summed E-state index contributed by atoms with van der Waals surface area (Å²) in [4.78, 5) is 10.9. The summed E-state index contributed by atoms with van der Waals surface area (Å²) in [5.74, 6) is 7.56. The Morgan fingerprint density at radius 2 is 1.95 bits per heavy atom. The summed E-state index contributed by atoms with van der Waals surface area (Å²) in [7, 11) is 0. The van der Waals surface area contributed by atoms with Gasteiger partial charge in [0, 0.05) is 12.6 Å². The van der Waals surface area contributed by atoms with Gasteiger partial charge >= 0.3 is 0 Å². The Kier molecular flexibility index (Phi) is 6.51. The van der Waals surface area contributed by atoms with Crippen LogP contribution in [0.3, 0.4) is 0 Å². The molecule has 108 valence electrons. The van der Waals surface area contributed by atoms with Crippen molar-refractivity contribution in [3.63, 3.8) is 0 Å². The Morgan fingerprint density at radius 3 is 2.42 bits per heavy atom. The van der Waals surface area contributed by atoms with Gasteiger partial charge in [0.1, 0.15) is 16.6 Å². The summed E-state index contributed by atoms with van der Waals surface area (Å²) in [5.41, 5.74) is 2.59. The van der Waals surface area contributed by atoms with E-state index in [4.69, 9.17) is 5.84 Å². The fraction of sp³-hybridized carbons (Fsp3) is 0.692. The molecular weight excluding hydrogens is 306 g/mol. The summed E-state index contributed by atoms with van der Waals surface area (Å²) < 4.78 is 0.824. The number of nitrogens with two attached hydrogens (primary N) is 1. The first kappa shape index (κ1) is 16.2. The molecule has 0 saturated heterocycles. The van der Waals surface area contributed by atoms with Gasteiger partial charge in [0.15, 0.2) is 5.82 Å². The lowest BCUT2D eigenvalue weighted by Crippen LogP contribution is -2.38. The lowest BCUT2D eigenvalue weighted by Gasteiger charge is -2.33. The second kappa shape index (κ2) is 7.65. The molecule has 0 aromatic carbocycles. The molecule has 1 rings (SSSR count). The van der Waals surface area contributed by atoms with Gasteiger partial charge in [-0.1, -0.05) is 27.7 Å². The highest BCUT2D eigenvalue weighted by molar-refractivity contribution is 9.10. The highest BCUT2D eigenvalue weighted by atomic mass is 79.9. The van der Waals surface area contributed by atoms with E-state index in [0.717, 1.165) is 29.7 Å². The van der Waals surface area contributed by atoms with Crippen molar-refractivity contribution in [2.75, 3.05) is 16.9 Å². The topological polar surface area (TPSA) is 67.1 Å². The van der Waals surface area contributed by atoms with E-state index in [-0.39, 0.29) is 0 Å². The SMILES string of the molecule is CCC(CC)N(CC(C)C)c1ncnc(NN)c1Br. The predicted molar refractivity (Wildman–Crippen MR) is 84.1 cm³/mol. The normalized spacial score (nSPS) is 11.2. The monoisotopic (exact) mass is 329 g/mol. The average Bonchev–Trinajstić information content (AvgIpc) is 2.39. The van der Waals surface area contributed by atoms with Crippen LogP contribution in [-0.4, -0.2) is 22.6 Å². The van der Waals surface area contributed by atoms with Crippen molar-refractivity contribution in [1.82, 2.24) is 9.97 Å². The third-order valence-corrected chi connectivity index (χ3v) is 3.86. The van der Waals surface area contributed by atoms with E-state index in [1.165, 1.54) is 0 Å². The molecule has 0 aliphatic carbocycles. The van der Waals surface area contributed by atoms with E-state index in [2.05, 4.69) is 63.9 Å². The minimum absolute atomic E-state index is 0.472. The molecule has 1 heterocycles. The fourth-order valence-electron chi connectivity index (χ4n) is 2.19. The van der Waals surface area contributed by atoms with Crippen LogP contribution in [0.15, 0.2) is 10.8 Å². The van der Waals surface area contributed by atoms with Gasteiger partial charge in [-0.15, -0.1) is 0 Å². The highest BCUT2D eigenvalue weighted by Gasteiger charge is 2.21. The summed E-state index contributed by atoms with van der Waals surface area (Å²) in [5, 5.41) is 0. The summed E-state index contributed by atoms with van der Waals surface area (Å²) in [6, 6.07) is 0.472. The first-order valence-electron chi connectivity index (χ1n) is 6.78. The van der Waals surface area contributed by atoms with Crippen molar-refractivity contribution < 1.29 is 0 Å². The number of rotatable bonds is 7. The summed E-state index contributed by atoms with van der Waals surface area (Å²) in [6.45, 7) is 9.81. The number of hydrogen-bond acceptors (Lipinski definition) is 5. The van der Waals surface area contributed by atoms with Crippen molar-refractivity contribution >= 4 is 27.6 Å². The summed E-state index contributed by atoms with van der Waals surface area (Å²) >= 11 is 3.55. The van der Waals surface area contributed by atoms with Crippen LogP contribution in [0.25, 0.3) is 0 Å². The second-order valence-electron chi connectivity index (χ2n) is 5.02. The number of anilines is 2. The molecule has 0 atom stereocenters. The van der Waals surface area contributed by atoms with E-state index in [0.29, 0.717) is 17.8 Å². The molecule has 3 N–H and O–H groups in total. The molecule has 0 bridgehead atoms. The van der Waals surface area contributed by atoms with E-state index >= 15 is 0 Å². The van der Waals surface area contributed by atoms with Gasteiger partial charge in [0.05, 0.1) is 0 Å². The standard InChI is InChI=1S/C13H24BrN5/c1-5-10(6-2)19(7-9(3)4)13-11(14)12(18-15)16-8-17-13/h8-10H,5-7,15H2,1-4H3,(H,16,17,18). The van der Waals surface area contributed by atoms with Crippen LogP contribution in [0.2, 0.25) is 0 Å². The Balaban J connectivity index is 3.16. The van der Waals surface area contributed by atoms with Gasteiger partial charge < -0.3 is 10.3 Å². The van der Waals surface area contributed by atoms with Crippen LogP contribution in [0.5, 0.6) is 0 Å². The Labute approximate surface area is 124 Å². The molecule has 6 heteroatoms. The second-order valence-corrected chi connectivity index (χ2v) is 5.81. The molecule has 0 amide bonds. The fourth-order valence-corrected chi connectivity index (χ4v) is 2.74. The number of aromatic nitrogens is 2. The lowest BCUT2D eigenvalue weighted by atomic mass is 10.1. The zero-order valence-electron chi connectivity index (χ0n) is 12.2. The Hall–Kier alpha value is -0.880. The number of hydrogen-bond donors (Lipinski definition) is 2. The van der Waals surface area contributed by atoms with E-state index in [9.17, 15) is 0 Å². The Morgan fingerprint density at radius 1 is 1.32 bits per heavy atom.